The van der Waals surface area contributed by atoms with E-state index in [1.54, 1.807) is 24.3 Å². The van der Waals surface area contributed by atoms with Crippen molar-refractivity contribution < 1.29 is 4.79 Å². The molecule has 1 aromatic carbocycles. The summed E-state index contributed by atoms with van der Waals surface area (Å²) in [5, 5.41) is 8.36. The summed E-state index contributed by atoms with van der Waals surface area (Å²) >= 11 is 0. The number of carbonyl (C=O) groups excluding carboxylic acids is 1. The Hall–Kier alpha value is -2.01. The van der Waals surface area contributed by atoms with Crippen molar-refractivity contribution in [3.8, 4) is 0 Å². The lowest BCUT2D eigenvalue weighted by molar-refractivity contribution is 0.112. The van der Waals surface area contributed by atoms with Crippen molar-refractivity contribution in [3.05, 3.63) is 29.8 Å². The third kappa shape index (κ3) is 7.13. The van der Waals surface area contributed by atoms with E-state index in [0.29, 0.717) is 11.3 Å². The molecule has 1 saturated heterocycles. The minimum atomic E-state index is 0.502. The lowest BCUT2D eigenvalue weighted by atomic mass is 10.1. The van der Waals surface area contributed by atoms with Crippen LogP contribution >= 0.6 is 0 Å². The molecular formula is C17H28N4O. The van der Waals surface area contributed by atoms with Crippen LogP contribution in [0.4, 0.5) is 5.69 Å². The van der Waals surface area contributed by atoms with Gasteiger partial charge in [-0.2, -0.15) is 15.3 Å². The van der Waals surface area contributed by atoms with Crippen molar-refractivity contribution in [1.82, 2.24) is 4.90 Å². The minimum absolute atomic E-state index is 0.502. The number of nitrogens with zero attached hydrogens (tertiary/aromatic N) is 4. The zero-order valence-electron chi connectivity index (χ0n) is 14.0. The molecule has 0 saturated carbocycles. The second kappa shape index (κ2) is 12.7. The van der Waals surface area contributed by atoms with Crippen molar-refractivity contribution in [2.24, 2.45) is 10.2 Å². The van der Waals surface area contributed by atoms with Gasteiger partial charge in [0.1, 0.15) is 0 Å². The van der Waals surface area contributed by atoms with Gasteiger partial charge in [0.05, 0.1) is 5.69 Å². The monoisotopic (exact) mass is 304 g/mol. The quantitative estimate of drug-likeness (QED) is 0.484. The fraction of sp³-hybridized carbons (Fsp3) is 0.471. The molecule has 1 aliphatic heterocycles. The summed E-state index contributed by atoms with van der Waals surface area (Å²) in [6, 6.07) is 6.93. The molecule has 0 radical (unpaired) electrons. The molecule has 0 aliphatic carbocycles. The molecule has 1 fully saturated rings. The topological polar surface area (TPSA) is 48.3 Å². The molecule has 122 valence electrons. The van der Waals surface area contributed by atoms with E-state index in [4.69, 9.17) is 0 Å². The van der Waals surface area contributed by atoms with Crippen molar-refractivity contribution in [1.29, 1.82) is 0 Å². The van der Waals surface area contributed by atoms with Crippen molar-refractivity contribution in [2.45, 2.75) is 33.1 Å². The molecule has 0 spiro atoms. The van der Waals surface area contributed by atoms with Crippen molar-refractivity contribution in [2.75, 3.05) is 25.3 Å². The van der Waals surface area contributed by atoms with Crippen LogP contribution in [0, 0.1) is 0 Å². The predicted molar refractivity (Wildman–Crippen MR) is 96.1 cm³/mol. The van der Waals surface area contributed by atoms with Gasteiger partial charge in [-0.05, 0) is 45.1 Å². The largest absolute Gasteiger partial charge is 0.306 e. The number of hydrogen-bond acceptors (Lipinski definition) is 5. The zero-order valence-corrected chi connectivity index (χ0v) is 14.0. The first-order valence-corrected chi connectivity index (χ1v) is 7.69. The average Bonchev–Trinajstić information content (AvgIpc) is 2.59. The van der Waals surface area contributed by atoms with E-state index in [9.17, 15) is 4.79 Å². The smallest absolute Gasteiger partial charge is 0.152 e. The van der Waals surface area contributed by atoms with Gasteiger partial charge in [0, 0.05) is 19.0 Å². The highest BCUT2D eigenvalue weighted by molar-refractivity contribution is 5.84. The van der Waals surface area contributed by atoms with Gasteiger partial charge >= 0.3 is 0 Å². The Morgan fingerprint density at radius 1 is 1.09 bits per heavy atom. The summed E-state index contributed by atoms with van der Waals surface area (Å²) < 4.78 is 0. The van der Waals surface area contributed by atoms with Gasteiger partial charge in [0.2, 0.25) is 0 Å². The predicted octanol–water partition coefficient (Wildman–Crippen LogP) is 3.67. The van der Waals surface area contributed by atoms with E-state index in [2.05, 4.69) is 35.6 Å². The summed E-state index contributed by atoms with van der Waals surface area (Å²) in [6.07, 6.45) is 5.01. The third-order valence-corrected chi connectivity index (χ3v) is 3.13. The van der Waals surface area contributed by atoms with Gasteiger partial charge in [-0.15, -0.1) is 0 Å². The Labute approximate surface area is 134 Å². The lowest BCUT2D eigenvalue weighted by Crippen LogP contribution is -2.24. The van der Waals surface area contributed by atoms with Crippen LogP contribution in [0.5, 0.6) is 0 Å². The maximum absolute atomic E-state index is 10.6. The number of anilines is 1. The lowest BCUT2D eigenvalue weighted by Gasteiger charge is -2.20. The summed E-state index contributed by atoms with van der Waals surface area (Å²) in [7, 11) is 2.19. The van der Waals surface area contributed by atoms with Crippen LogP contribution in [0.2, 0.25) is 0 Å². The summed E-state index contributed by atoms with van der Waals surface area (Å²) in [4.78, 5) is 13.0. The summed E-state index contributed by atoms with van der Waals surface area (Å²) in [5.41, 5.74) is 1.07. The molecule has 5 nitrogen and oxygen atoms in total. The average molecular weight is 304 g/mol. The number of likely N-dealkylation sites (tertiary alicyclic amines) is 1. The zero-order chi connectivity index (χ0) is 16.8. The molecule has 1 aliphatic rings. The number of hydrazone groups is 2. The molecule has 0 unspecified atom stereocenters. The minimum Gasteiger partial charge on any atom is -0.306 e. The Bertz CT molecular complexity index is 434. The first-order chi connectivity index (χ1) is 10.7. The number of aldehydes is 1. The second-order valence-corrected chi connectivity index (χ2v) is 4.61. The summed E-state index contributed by atoms with van der Waals surface area (Å²) in [5.74, 6) is 0. The van der Waals surface area contributed by atoms with Crippen molar-refractivity contribution in [3.63, 3.8) is 0 Å². The summed E-state index contributed by atoms with van der Waals surface area (Å²) in [6.45, 7) is 13.3. The number of carbonyl (C=O) groups is 1. The number of para-hydroxylation sites is 1. The fourth-order valence-corrected chi connectivity index (χ4v) is 2.02. The Morgan fingerprint density at radius 2 is 1.64 bits per heavy atom. The maximum atomic E-state index is 10.6. The molecule has 0 N–H and O–H groups in total. The van der Waals surface area contributed by atoms with E-state index in [1.807, 2.05) is 13.8 Å². The van der Waals surface area contributed by atoms with Gasteiger partial charge in [-0.3, -0.25) is 4.79 Å². The first kappa shape index (κ1) is 20.0. The molecular weight excluding hydrogens is 276 g/mol. The van der Waals surface area contributed by atoms with E-state index < -0.39 is 0 Å². The highest BCUT2D eigenvalue weighted by Gasteiger charge is 2.05. The third-order valence-electron chi connectivity index (χ3n) is 3.13. The molecule has 22 heavy (non-hydrogen) atoms. The van der Waals surface area contributed by atoms with Gasteiger partial charge < -0.3 is 4.90 Å². The van der Waals surface area contributed by atoms with Crippen LogP contribution in [-0.2, 0) is 0 Å². The van der Waals surface area contributed by atoms with E-state index >= 15 is 0 Å². The standard InChI is InChI=1S/C9H9N3O.C6H13N.C2H6/c1-10-12(11-2)9-6-4-3-5-8(9)7-13;1-7-5-3-2-4-6-7;1-2/h3-7H,1-2H2;2-6H2,1H3;1-2H3. The number of hydrogen-bond donors (Lipinski definition) is 0. The van der Waals surface area contributed by atoms with Crippen LogP contribution < -0.4 is 5.12 Å². The van der Waals surface area contributed by atoms with Gasteiger partial charge in [-0.25, -0.2) is 0 Å². The molecule has 0 atom stereocenters. The molecule has 0 aromatic heterocycles. The molecule has 2 rings (SSSR count). The highest BCUT2D eigenvalue weighted by Crippen LogP contribution is 2.18. The molecule has 5 heteroatoms. The van der Waals surface area contributed by atoms with Crippen molar-refractivity contribution >= 4 is 25.4 Å². The van der Waals surface area contributed by atoms with Crippen LogP contribution in [0.1, 0.15) is 43.5 Å². The van der Waals surface area contributed by atoms with Crippen LogP contribution in [-0.4, -0.2) is 44.8 Å². The SMILES string of the molecule is C=NN(N=C)c1ccccc1C=O.CC.CN1CCCCC1. The first-order valence-electron chi connectivity index (χ1n) is 7.69. The Morgan fingerprint density at radius 3 is 2.05 bits per heavy atom. The Balaban J connectivity index is 0.000000412. The van der Waals surface area contributed by atoms with Crippen LogP contribution in [0.3, 0.4) is 0 Å². The second-order valence-electron chi connectivity index (χ2n) is 4.61. The number of rotatable bonds is 4. The maximum Gasteiger partial charge on any atom is 0.152 e. The molecule has 0 amide bonds. The highest BCUT2D eigenvalue weighted by atomic mass is 16.1. The van der Waals surface area contributed by atoms with Crippen LogP contribution in [0.25, 0.3) is 0 Å². The van der Waals surface area contributed by atoms with E-state index in [0.717, 1.165) is 6.29 Å². The Kier molecular flexibility index (Phi) is 11.5. The van der Waals surface area contributed by atoms with Gasteiger partial charge in [-0.1, -0.05) is 32.4 Å². The molecule has 1 aromatic rings. The van der Waals surface area contributed by atoms with Crippen LogP contribution in [0.15, 0.2) is 34.5 Å². The van der Waals surface area contributed by atoms with Gasteiger partial charge in [0.15, 0.2) is 6.29 Å². The molecule has 1 heterocycles. The van der Waals surface area contributed by atoms with Gasteiger partial charge in [0.25, 0.3) is 0 Å². The fourth-order valence-electron chi connectivity index (χ4n) is 2.02. The van der Waals surface area contributed by atoms with E-state index in [1.165, 1.54) is 37.5 Å². The van der Waals surface area contributed by atoms with E-state index in [-0.39, 0.29) is 0 Å². The normalized spacial score (nSPS) is 13.6. The molecule has 0 bridgehead atoms. The number of benzene rings is 1. The number of piperidine rings is 1.